The standard InChI is InChI=1S/C21H34N4O4/c1-25(24-29-16-9-5-8-15-26)21(28)20-18(17-27)11-10-12-19(20)23-14-7-4-2-3-6-13-22/h10-12,15,17,23-24H,2-9,13-14,16,22H2,1H3. The van der Waals surface area contributed by atoms with Crippen LogP contribution in [0.25, 0.3) is 0 Å². The number of hydrogen-bond donors (Lipinski definition) is 3. The van der Waals surface area contributed by atoms with Crippen molar-refractivity contribution in [1.29, 1.82) is 0 Å². The fraction of sp³-hybridized carbons (Fsp3) is 0.571. The van der Waals surface area contributed by atoms with Gasteiger partial charge in [-0.25, -0.2) is 0 Å². The smallest absolute Gasteiger partial charge is 0.272 e. The lowest BCUT2D eigenvalue weighted by Crippen LogP contribution is -2.40. The number of carbonyl (C=O) groups excluding carboxylic acids is 3. The highest BCUT2D eigenvalue weighted by molar-refractivity contribution is 6.05. The molecule has 0 unspecified atom stereocenters. The number of amides is 1. The molecule has 0 bridgehead atoms. The molecule has 0 spiro atoms. The molecule has 0 saturated heterocycles. The SMILES string of the molecule is CN(NOCCCCC=O)C(=O)c1c(C=O)cccc1NCCCCCCCN. The number of nitrogens with two attached hydrogens (primary N) is 1. The van der Waals surface area contributed by atoms with Crippen molar-refractivity contribution >= 4 is 24.2 Å². The number of benzene rings is 1. The zero-order chi connectivity index (χ0) is 21.3. The minimum absolute atomic E-state index is 0.310. The molecular weight excluding hydrogens is 372 g/mol. The maximum absolute atomic E-state index is 12.8. The van der Waals surface area contributed by atoms with E-state index in [1.54, 1.807) is 18.2 Å². The predicted molar refractivity (Wildman–Crippen MR) is 114 cm³/mol. The molecule has 8 heteroatoms. The number of hydrogen-bond acceptors (Lipinski definition) is 7. The van der Waals surface area contributed by atoms with Crippen molar-refractivity contribution in [2.75, 3.05) is 32.1 Å². The monoisotopic (exact) mass is 406 g/mol. The Bertz CT molecular complexity index is 625. The molecule has 0 fully saturated rings. The van der Waals surface area contributed by atoms with Crippen molar-refractivity contribution < 1.29 is 19.2 Å². The normalized spacial score (nSPS) is 10.6. The number of unbranched alkanes of at least 4 members (excludes halogenated alkanes) is 6. The second-order valence-corrected chi connectivity index (χ2v) is 6.84. The van der Waals surface area contributed by atoms with Gasteiger partial charge in [-0.15, -0.1) is 5.59 Å². The fourth-order valence-corrected chi connectivity index (χ4v) is 2.83. The van der Waals surface area contributed by atoms with E-state index in [0.29, 0.717) is 42.5 Å². The zero-order valence-corrected chi connectivity index (χ0v) is 17.3. The van der Waals surface area contributed by atoms with Gasteiger partial charge in [0.2, 0.25) is 0 Å². The fourth-order valence-electron chi connectivity index (χ4n) is 2.83. The number of rotatable bonds is 17. The maximum Gasteiger partial charge on any atom is 0.272 e. The van der Waals surface area contributed by atoms with Gasteiger partial charge in [0.1, 0.15) is 6.29 Å². The molecule has 1 amide bonds. The summed E-state index contributed by atoms with van der Waals surface area (Å²) in [4.78, 5) is 39.9. The summed E-state index contributed by atoms with van der Waals surface area (Å²) in [5.74, 6) is -0.369. The van der Waals surface area contributed by atoms with Gasteiger partial charge in [0.05, 0.1) is 12.2 Å². The van der Waals surface area contributed by atoms with E-state index in [1.807, 2.05) is 0 Å². The second-order valence-electron chi connectivity index (χ2n) is 6.84. The van der Waals surface area contributed by atoms with Crippen molar-refractivity contribution in [3.05, 3.63) is 29.3 Å². The molecule has 1 aromatic rings. The van der Waals surface area contributed by atoms with Crippen molar-refractivity contribution in [3.63, 3.8) is 0 Å². The summed E-state index contributed by atoms with van der Waals surface area (Å²) in [5, 5.41) is 4.48. The van der Waals surface area contributed by atoms with Crippen LogP contribution in [-0.4, -0.2) is 50.2 Å². The molecule has 0 aromatic heterocycles. The van der Waals surface area contributed by atoms with Crippen LogP contribution in [0, 0.1) is 0 Å². The first-order valence-corrected chi connectivity index (χ1v) is 10.3. The Balaban J connectivity index is 2.59. The Labute approximate surface area is 173 Å². The lowest BCUT2D eigenvalue weighted by Gasteiger charge is -2.21. The average Bonchev–Trinajstić information content (AvgIpc) is 2.74. The highest BCUT2D eigenvalue weighted by Crippen LogP contribution is 2.21. The molecule has 162 valence electrons. The Hall–Kier alpha value is -2.29. The van der Waals surface area contributed by atoms with E-state index in [1.165, 1.54) is 12.1 Å². The molecule has 0 atom stereocenters. The average molecular weight is 407 g/mol. The Kier molecular flexibility index (Phi) is 13.3. The van der Waals surface area contributed by atoms with Crippen LogP contribution in [0.5, 0.6) is 0 Å². The van der Waals surface area contributed by atoms with E-state index in [2.05, 4.69) is 10.9 Å². The van der Waals surface area contributed by atoms with Crippen molar-refractivity contribution in [2.45, 2.75) is 51.4 Å². The third-order valence-corrected chi connectivity index (χ3v) is 4.46. The topological polar surface area (TPSA) is 114 Å². The van der Waals surface area contributed by atoms with Crippen LogP contribution in [-0.2, 0) is 9.63 Å². The minimum Gasteiger partial charge on any atom is -0.384 e. The van der Waals surface area contributed by atoms with E-state index < -0.39 is 0 Å². The molecular formula is C21H34N4O4. The van der Waals surface area contributed by atoms with E-state index in [9.17, 15) is 14.4 Å². The van der Waals surface area contributed by atoms with Gasteiger partial charge in [0.15, 0.2) is 6.29 Å². The molecule has 0 saturated carbocycles. The van der Waals surface area contributed by atoms with Crippen molar-refractivity contribution in [2.24, 2.45) is 5.73 Å². The van der Waals surface area contributed by atoms with E-state index in [0.717, 1.165) is 57.9 Å². The summed E-state index contributed by atoms with van der Waals surface area (Å²) in [6, 6.07) is 5.16. The summed E-state index contributed by atoms with van der Waals surface area (Å²) in [6.07, 6.45) is 8.85. The first kappa shape index (κ1) is 24.7. The molecule has 0 radical (unpaired) electrons. The van der Waals surface area contributed by atoms with Gasteiger partial charge >= 0.3 is 0 Å². The first-order valence-electron chi connectivity index (χ1n) is 10.3. The summed E-state index contributed by atoms with van der Waals surface area (Å²) >= 11 is 0. The van der Waals surface area contributed by atoms with Crippen LogP contribution < -0.4 is 16.6 Å². The van der Waals surface area contributed by atoms with Gasteiger partial charge in [-0.2, -0.15) is 0 Å². The molecule has 0 aliphatic rings. The van der Waals surface area contributed by atoms with Crippen LogP contribution in [0.4, 0.5) is 5.69 Å². The quantitative estimate of drug-likeness (QED) is 0.207. The van der Waals surface area contributed by atoms with Crippen LogP contribution >= 0.6 is 0 Å². The van der Waals surface area contributed by atoms with Crippen molar-refractivity contribution in [1.82, 2.24) is 10.6 Å². The summed E-state index contributed by atoms with van der Waals surface area (Å²) in [5.41, 5.74) is 9.33. The van der Waals surface area contributed by atoms with Crippen LogP contribution in [0.3, 0.4) is 0 Å². The highest BCUT2D eigenvalue weighted by Gasteiger charge is 2.20. The number of anilines is 1. The number of hydrazine groups is 1. The van der Waals surface area contributed by atoms with E-state index >= 15 is 0 Å². The molecule has 8 nitrogen and oxygen atoms in total. The third kappa shape index (κ3) is 9.65. The Morgan fingerprint density at radius 1 is 1.10 bits per heavy atom. The van der Waals surface area contributed by atoms with Gasteiger partial charge < -0.3 is 15.8 Å². The van der Waals surface area contributed by atoms with Gasteiger partial charge in [-0.1, -0.05) is 31.4 Å². The Morgan fingerprint density at radius 3 is 2.59 bits per heavy atom. The molecule has 0 aliphatic carbocycles. The zero-order valence-electron chi connectivity index (χ0n) is 17.3. The summed E-state index contributed by atoms with van der Waals surface area (Å²) in [7, 11) is 1.54. The van der Waals surface area contributed by atoms with E-state index in [4.69, 9.17) is 10.6 Å². The number of aldehydes is 2. The lowest BCUT2D eigenvalue weighted by atomic mass is 10.0. The van der Waals surface area contributed by atoms with Gasteiger partial charge in [0, 0.05) is 31.3 Å². The van der Waals surface area contributed by atoms with Gasteiger partial charge in [-0.3, -0.25) is 19.4 Å². The molecule has 1 aromatic carbocycles. The molecule has 1 rings (SSSR count). The minimum atomic E-state index is -0.369. The highest BCUT2D eigenvalue weighted by atomic mass is 16.7. The molecule has 4 N–H and O–H groups in total. The summed E-state index contributed by atoms with van der Waals surface area (Å²) in [6.45, 7) is 1.82. The maximum atomic E-state index is 12.8. The molecule has 29 heavy (non-hydrogen) atoms. The third-order valence-electron chi connectivity index (χ3n) is 4.46. The molecule has 0 heterocycles. The van der Waals surface area contributed by atoms with Crippen molar-refractivity contribution in [3.8, 4) is 0 Å². The number of nitrogens with zero attached hydrogens (tertiary/aromatic N) is 1. The Morgan fingerprint density at radius 2 is 1.86 bits per heavy atom. The van der Waals surface area contributed by atoms with E-state index in [-0.39, 0.29) is 5.91 Å². The lowest BCUT2D eigenvalue weighted by molar-refractivity contribution is -0.108. The van der Waals surface area contributed by atoms with Gasteiger partial charge in [-0.05, 0) is 38.3 Å². The number of carbonyl (C=O) groups is 3. The van der Waals surface area contributed by atoms with Crippen LogP contribution in [0.1, 0.15) is 72.1 Å². The molecule has 0 aliphatic heterocycles. The van der Waals surface area contributed by atoms with Gasteiger partial charge in [0.25, 0.3) is 5.91 Å². The first-order chi connectivity index (χ1) is 14.2. The summed E-state index contributed by atoms with van der Waals surface area (Å²) < 4.78 is 0. The van der Waals surface area contributed by atoms with Crippen LogP contribution in [0.2, 0.25) is 0 Å². The second kappa shape index (κ2) is 15.6. The van der Waals surface area contributed by atoms with Crippen LogP contribution in [0.15, 0.2) is 18.2 Å². The predicted octanol–water partition coefficient (Wildman–Crippen LogP) is 2.70. The largest absolute Gasteiger partial charge is 0.384 e. The number of nitrogens with one attached hydrogen (secondary N) is 2.